The maximum Gasteiger partial charge on any atom is 0.255 e. The zero-order valence-electron chi connectivity index (χ0n) is 15.4. The van der Waals surface area contributed by atoms with Crippen LogP contribution in [0.4, 0.5) is 0 Å². The van der Waals surface area contributed by atoms with E-state index in [2.05, 4.69) is 10.0 Å². The second kappa shape index (κ2) is 8.74. The molecule has 0 spiro atoms. The first-order valence-corrected chi connectivity index (χ1v) is 11.0. The number of amides is 2. The average Bonchev–Trinajstić information content (AvgIpc) is 3.28. The number of rotatable bonds is 8. The summed E-state index contributed by atoms with van der Waals surface area (Å²) in [4.78, 5) is 25.7. The van der Waals surface area contributed by atoms with E-state index in [4.69, 9.17) is 27.6 Å². The second-order valence-corrected chi connectivity index (χ2v) is 9.17. The van der Waals surface area contributed by atoms with Gasteiger partial charge in [0.15, 0.2) is 0 Å². The summed E-state index contributed by atoms with van der Waals surface area (Å²) in [5.74, 6) is -0.445. The van der Waals surface area contributed by atoms with Crippen molar-refractivity contribution in [2.24, 2.45) is 0 Å². The number of carbonyl (C=O) groups excluding carboxylic acids is 2. The maximum atomic E-state index is 12.7. The summed E-state index contributed by atoms with van der Waals surface area (Å²) in [5, 5.41) is 2.53. The van der Waals surface area contributed by atoms with Crippen molar-refractivity contribution in [3.05, 3.63) is 51.9 Å². The maximum absolute atomic E-state index is 12.7. The minimum atomic E-state index is -3.88. The highest BCUT2D eigenvalue weighted by molar-refractivity contribution is 7.89. The van der Waals surface area contributed by atoms with E-state index in [1.807, 2.05) is 0 Å². The number of likely N-dealkylation sites (N-methyl/N-ethyl adjacent to an activating group) is 1. The van der Waals surface area contributed by atoms with Gasteiger partial charge in [-0.25, -0.2) is 13.1 Å². The molecule has 0 radical (unpaired) electrons. The van der Waals surface area contributed by atoms with Crippen molar-refractivity contribution in [2.75, 3.05) is 13.6 Å². The predicted molar refractivity (Wildman–Crippen MR) is 107 cm³/mol. The van der Waals surface area contributed by atoms with Crippen molar-refractivity contribution in [1.29, 1.82) is 0 Å². The summed E-state index contributed by atoms with van der Waals surface area (Å²) in [5.41, 5.74) is -0.0615. The largest absolute Gasteiger partial charge is 0.467 e. The Labute approximate surface area is 178 Å². The number of nitrogens with zero attached hydrogens (tertiary/aromatic N) is 1. The lowest BCUT2D eigenvalue weighted by Gasteiger charge is -2.18. The van der Waals surface area contributed by atoms with Gasteiger partial charge < -0.3 is 14.6 Å². The van der Waals surface area contributed by atoms with E-state index in [9.17, 15) is 18.0 Å². The van der Waals surface area contributed by atoms with Gasteiger partial charge >= 0.3 is 0 Å². The van der Waals surface area contributed by atoms with Crippen LogP contribution in [-0.4, -0.2) is 44.8 Å². The first-order chi connectivity index (χ1) is 13.7. The first kappa shape index (κ1) is 21.6. The topological polar surface area (TPSA) is 109 Å². The molecule has 0 aliphatic heterocycles. The molecule has 2 aromatic rings. The number of sulfonamides is 1. The summed E-state index contributed by atoms with van der Waals surface area (Å²) in [6, 6.07) is 5.63. The standard InChI is InChI=1S/C18H19Cl2N3O5S/c1-23(10-17(24)21-9-12-3-2-6-28-12)18(25)13-7-16(15(20)8-14(13)19)29(26,27)22-11-4-5-11/h2-3,6-8,11,22H,4-5,9-10H2,1H3,(H,21,24). The van der Waals surface area contributed by atoms with Gasteiger partial charge in [-0.3, -0.25) is 9.59 Å². The van der Waals surface area contributed by atoms with Gasteiger partial charge in [-0.05, 0) is 37.1 Å². The number of hydrogen-bond donors (Lipinski definition) is 2. The molecular formula is C18H19Cl2N3O5S. The highest BCUT2D eigenvalue weighted by atomic mass is 35.5. The normalized spacial score (nSPS) is 13.9. The van der Waals surface area contributed by atoms with Crippen LogP contribution in [0.2, 0.25) is 10.0 Å². The zero-order valence-corrected chi connectivity index (χ0v) is 17.8. The van der Waals surface area contributed by atoms with Gasteiger partial charge in [0, 0.05) is 13.1 Å². The van der Waals surface area contributed by atoms with Gasteiger partial charge in [0.25, 0.3) is 5.91 Å². The van der Waals surface area contributed by atoms with Crippen molar-refractivity contribution in [3.63, 3.8) is 0 Å². The Balaban J connectivity index is 1.71. The monoisotopic (exact) mass is 459 g/mol. The number of hydrogen-bond acceptors (Lipinski definition) is 5. The number of nitrogens with one attached hydrogen (secondary N) is 2. The third kappa shape index (κ3) is 5.51. The fourth-order valence-corrected chi connectivity index (χ4v) is 4.69. The number of halogens is 2. The molecule has 0 atom stereocenters. The van der Waals surface area contributed by atoms with Gasteiger partial charge in [-0.2, -0.15) is 0 Å². The SMILES string of the molecule is CN(CC(=O)NCc1ccco1)C(=O)c1cc(S(=O)(=O)NC2CC2)c(Cl)cc1Cl. The minimum Gasteiger partial charge on any atom is -0.467 e. The van der Waals surface area contributed by atoms with Gasteiger partial charge in [-0.1, -0.05) is 23.2 Å². The summed E-state index contributed by atoms with van der Waals surface area (Å²) in [6.07, 6.45) is 3.00. The Morgan fingerprint density at radius 3 is 2.59 bits per heavy atom. The quantitative estimate of drug-likeness (QED) is 0.629. The van der Waals surface area contributed by atoms with Crippen LogP contribution in [0.25, 0.3) is 0 Å². The fraction of sp³-hybridized carbons (Fsp3) is 0.333. The van der Waals surface area contributed by atoms with Crippen molar-refractivity contribution in [2.45, 2.75) is 30.3 Å². The molecule has 8 nitrogen and oxygen atoms in total. The molecule has 1 fully saturated rings. The Bertz CT molecular complexity index is 1020. The van der Waals surface area contributed by atoms with E-state index in [-0.39, 0.29) is 39.6 Å². The Morgan fingerprint density at radius 2 is 1.97 bits per heavy atom. The molecule has 1 heterocycles. The van der Waals surface area contributed by atoms with Gasteiger partial charge in [0.05, 0.1) is 35.0 Å². The van der Waals surface area contributed by atoms with Crippen LogP contribution in [0.1, 0.15) is 29.0 Å². The lowest BCUT2D eigenvalue weighted by Crippen LogP contribution is -2.38. The van der Waals surface area contributed by atoms with Crippen LogP contribution < -0.4 is 10.0 Å². The summed E-state index contributed by atoms with van der Waals surface area (Å²) in [7, 11) is -2.47. The Hall–Kier alpha value is -2.07. The Morgan fingerprint density at radius 1 is 1.24 bits per heavy atom. The van der Waals surface area contributed by atoms with Gasteiger partial charge in [-0.15, -0.1) is 0 Å². The van der Waals surface area contributed by atoms with E-state index < -0.39 is 21.8 Å². The molecule has 156 valence electrons. The molecule has 1 aliphatic rings. The van der Waals surface area contributed by atoms with Gasteiger partial charge in [0.2, 0.25) is 15.9 Å². The number of carbonyl (C=O) groups is 2. The zero-order chi connectivity index (χ0) is 21.2. The highest BCUT2D eigenvalue weighted by Gasteiger charge is 2.31. The lowest BCUT2D eigenvalue weighted by molar-refractivity contribution is -0.121. The molecule has 1 aromatic carbocycles. The van der Waals surface area contributed by atoms with Crippen molar-refractivity contribution >= 4 is 45.0 Å². The molecule has 2 amide bonds. The Kier molecular flexibility index (Phi) is 6.52. The predicted octanol–water partition coefficient (Wildman–Crippen LogP) is 2.42. The highest BCUT2D eigenvalue weighted by Crippen LogP contribution is 2.31. The van der Waals surface area contributed by atoms with Crippen molar-refractivity contribution in [1.82, 2.24) is 14.9 Å². The van der Waals surface area contributed by atoms with E-state index in [0.29, 0.717) is 5.76 Å². The fourth-order valence-electron chi connectivity index (χ4n) is 2.53. The molecule has 11 heteroatoms. The minimum absolute atomic E-state index is 0.00628. The first-order valence-electron chi connectivity index (χ1n) is 8.73. The molecule has 3 rings (SSSR count). The van der Waals surface area contributed by atoms with Crippen LogP contribution in [-0.2, 0) is 21.4 Å². The van der Waals surface area contributed by atoms with Gasteiger partial charge in [0.1, 0.15) is 10.7 Å². The number of benzene rings is 1. The van der Waals surface area contributed by atoms with Crippen LogP contribution >= 0.6 is 23.2 Å². The summed E-state index contributed by atoms with van der Waals surface area (Å²) < 4.78 is 32.6. The number of furan rings is 1. The third-order valence-electron chi connectivity index (χ3n) is 4.21. The summed E-state index contributed by atoms with van der Waals surface area (Å²) in [6.45, 7) is -0.0638. The van der Waals surface area contributed by atoms with Crippen LogP contribution in [0.3, 0.4) is 0 Å². The summed E-state index contributed by atoms with van der Waals surface area (Å²) >= 11 is 12.2. The lowest BCUT2D eigenvalue weighted by atomic mass is 10.2. The molecule has 1 aromatic heterocycles. The van der Waals surface area contributed by atoms with E-state index in [1.54, 1.807) is 12.1 Å². The molecule has 0 saturated heterocycles. The van der Waals surface area contributed by atoms with Crippen molar-refractivity contribution in [3.8, 4) is 0 Å². The van der Waals surface area contributed by atoms with Crippen LogP contribution in [0.5, 0.6) is 0 Å². The average molecular weight is 460 g/mol. The van der Waals surface area contributed by atoms with E-state index in [0.717, 1.165) is 23.8 Å². The smallest absolute Gasteiger partial charge is 0.255 e. The third-order valence-corrected chi connectivity index (χ3v) is 6.51. The van der Waals surface area contributed by atoms with E-state index >= 15 is 0 Å². The molecule has 2 N–H and O–H groups in total. The molecule has 29 heavy (non-hydrogen) atoms. The molecule has 1 saturated carbocycles. The van der Waals surface area contributed by atoms with E-state index in [1.165, 1.54) is 19.4 Å². The molecule has 0 unspecified atom stereocenters. The second-order valence-electron chi connectivity index (χ2n) is 6.68. The molecule has 0 bridgehead atoms. The van der Waals surface area contributed by atoms with Crippen LogP contribution in [0.15, 0.2) is 39.8 Å². The molecular weight excluding hydrogens is 441 g/mol. The van der Waals surface area contributed by atoms with Crippen molar-refractivity contribution < 1.29 is 22.4 Å². The van der Waals surface area contributed by atoms with Crippen LogP contribution in [0, 0.1) is 0 Å². The molecule has 1 aliphatic carbocycles.